The first-order chi connectivity index (χ1) is 38.5. The third kappa shape index (κ3) is 24.2. The number of nitrogens with zero attached hydrogens (tertiary/aromatic N) is 14. The van der Waals surface area contributed by atoms with E-state index in [1.54, 1.807) is 57.7 Å². The van der Waals surface area contributed by atoms with Gasteiger partial charge in [-0.3, -0.25) is 13.7 Å². The van der Waals surface area contributed by atoms with Crippen LogP contribution in [-0.2, 0) is 42.3 Å². The summed E-state index contributed by atoms with van der Waals surface area (Å²) in [6, 6.07) is 16.5. The summed E-state index contributed by atoms with van der Waals surface area (Å²) in [7, 11) is -3.78. The molecular formula is C46H64Cl2MgN20O12P2. The van der Waals surface area contributed by atoms with Crippen molar-refractivity contribution in [3.63, 3.8) is 0 Å². The number of para-hydroxylation sites is 2. The van der Waals surface area contributed by atoms with Crippen molar-refractivity contribution in [2.75, 3.05) is 36.1 Å². The van der Waals surface area contributed by atoms with E-state index in [-0.39, 0.29) is 96.6 Å². The number of ether oxygens (including phenoxy) is 2. The summed E-state index contributed by atoms with van der Waals surface area (Å²) >= 11 is 5.77. The third-order valence-electron chi connectivity index (χ3n) is 10.9. The van der Waals surface area contributed by atoms with E-state index in [2.05, 4.69) is 80.9 Å². The summed E-state index contributed by atoms with van der Waals surface area (Å²) < 4.78 is 57.1. The number of nitrogen functional groups attached to an aromatic ring is 4. The van der Waals surface area contributed by atoms with Crippen LogP contribution in [0.5, 0.6) is 11.5 Å². The first kappa shape index (κ1) is 74.3. The van der Waals surface area contributed by atoms with Crippen molar-refractivity contribution in [3.05, 3.63) is 100 Å². The second-order valence-electron chi connectivity index (χ2n) is 17.7. The van der Waals surface area contributed by atoms with Gasteiger partial charge in [-0.1, -0.05) is 60.5 Å². The molecule has 0 saturated carbocycles. The van der Waals surface area contributed by atoms with Gasteiger partial charge >= 0.3 is 50.0 Å². The van der Waals surface area contributed by atoms with Crippen LogP contribution in [0.4, 0.5) is 23.5 Å². The van der Waals surface area contributed by atoms with E-state index < -0.39 is 51.4 Å². The van der Waals surface area contributed by atoms with Gasteiger partial charge in [0.05, 0.1) is 50.2 Å². The van der Waals surface area contributed by atoms with E-state index in [4.69, 9.17) is 87.5 Å². The number of rotatable bonds is 18. The average molecular weight is 1250 g/mol. The van der Waals surface area contributed by atoms with Crippen molar-refractivity contribution in [1.82, 2.24) is 49.2 Å². The zero-order valence-electron chi connectivity index (χ0n) is 46.2. The molecule has 0 amide bonds. The topological polar surface area (TPSA) is 482 Å². The molecule has 446 valence electrons. The number of aliphatic hydroxyl groups is 1. The molecule has 6 aromatic rings. The Bertz CT molecular complexity index is 3180. The van der Waals surface area contributed by atoms with Crippen molar-refractivity contribution in [2.45, 2.75) is 123 Å². The minimum Gasteiger partial charge on any atom is -1.00 e. The van der Waals surface area contributed by atoms with Gasteiger partial charge in [0.25, 0.3) is 0 Å². The van der Waals surface area contributed by atoms with Crippen LogP contribution in [0, 0.1) is 5.92 Å². The molecule has 0 aliphatic carbocycles. The largest absolute Gasteiger partial charge is 2.00 e. The Labute approximate surface area is 503 Å². The van der Waals surface area contributed by atoms with Crippen molar-refractivity contribution < 1.29 is 68.9 Å². The molecule has 4 aromatic heterocycles. The van der Waals surface area contributed by atoms with Crippen molar-refractivity contribution in [1.29, 1.82) is 0 Å². The molecule has 37 heteroatoms. The molecule has 2 fully saturated rings. The molecule has 10 atom stereocenters. The first-order valence-electron chi connectivity index (χ1n) is 24.4. The number of nitrogens with one attached hydrogen (secondary N) is 2. The number of halogens is 2. The van der Waals surface area contributed by atoms with Crippen molar-refractivity contribution in [3.8, 4) is 11.5 Å². The van der Waals surface area contributed by atoms with E-state index >= 15 is 0 Å². The maximum Gasteiger partial charge on any atom is 2.00 e. The number of benzene rings is 2. The maximum atomic E-state index is 13.6. The monoisotopic (exact) mass is 1240 g/mol. The van der Waals surface area contributed by atoms with Crippen molar-refractivity contribution in [2.24, 2.45) is 10.2 Å². The second kappa shape index (κ2) is 37.5. The number of hydrogen-bond donors (Lipinski definition) is 7. The number of carbonyl (C=O) groups excluding carboxylic acids is 4. The van der Waals surface area contributed by atoms with Crippen LogP contribution in [0.25, 0.3) is 43.2 Å². The van der Waals surface area contributed by atoms with Crippen LogP contribution in [0.1, 0.15) is 86.6 Å². The Morgan fingerprint density at radius 1 is 0.747 bits per heavy atom. The zero-order chi connectivity index (χ0) is 60.3. The SMILES string of the molecule is CC[C@H](C)NP(=O)(Cl)Oc1ccccc1.CC[C@H](C)NP(=O)(OC[C@H]1O[C@@H](n2cnc3c(N)nc(N)nc32)CC1N=[N+]=[N-])Oc1ccccc1.C[C-](C)C.O=C=O.O=C=O.[Cl-].[Mg+2].[N-]=[N+]=NC1C[C@H](n2cnc3c(N)nc(N)nc32)O[C@@H]1CO. The molecule has 32 nitrogen and oxygen atoms in total. The Balaban J connectivity index is 0.000000611. The average Bonchev–Trinajstić information content (AvgIpc) is 3.52. The number of azide groups is 2. The fraction of sp³-hybridized carbons (Fsp3) is 0.457. The number of nitrogens with two attached hydrogens (primary N) is 4. The Kier molecular flexibility index (Phi) is 33.6. The number of anilines is 4. The second-order valence-corrected chi connectivity index (χ2v) is 22.1. The Morgan fingerprint density at radius 2 is 1.13 bits per heavy atom. The number of aromatic nitrogens is 8. The van der Waals surface area contributed by atoms with Crippen LogP contribution in [-0.4, -0.2) is 129 Å². The molecule has 2 aliphatic heterocycles. The molecule has 83 heavy (non-hydrogen) atoms. The predicted octanol–water partition coefficient (Wildman–Crippen LogP) is 4.38. The first-order valence-corrected chi connectivity index (χ1v) is 28.5. The molecule has 2 aromatic carbocycles. The van der Waals surface area contributed by atoms with E-state index in [1.165, 1.54) is 18.6 Å². The maximum absolute atomic E-state index is 13.6. The van der Waals surface area contributed by atoms with E-state index in [0.29, 0.717) is 53.1 Å². The molecule has 4 unspecified atom stereocenters. The van der Waals surface area contributed by atoms with Gasteiger partial charge < -0.3 is 64.9 Å². The van der Waals surface area contributed by atoms with Gasteiger partial charge in [0.15, 0.2) is 22.9 Å². The number of fused-ring (bicyclic) bond motifs is 2. The van der Waals surface area contributed by atoms with Gasteiger partial charge in [-0.2, -0.15) is 59.9 Å². The van der Waals surface area contributed by atoms with Crippen LogP contribution in [0.15, 0.2) is 83.5 Å². The van der Waals surface area contributed by atoms with Crippen LogP contribution >= 0.6 is 25.9 Å². The van der Waals surface area contributed by atoms with Crippen LogP contribution in [0.3, 0.4) is 0 Å². The van der Waals surface area contributed by atoms with Gasteiger partial charge in [0.2, 0.25) is 11.9 Å². The minimum absolute atomic E-state index is 0. The zero-order valence-corrected chi connectivity index (χ0v) is 50.9. The Morgan fingerprint density at radius 3 is 1.53 bits per heavy atom. The van der Waals surface area contributed by atoms with E-state index in [0.717, 1.165) is 6.42 Å². The fourth-order valence-electron chi connectivity index (χ4n) is 7.04. The molecule has 6 heterocycles. The smallest absolute Gasteiger partial charge is 1.00 e. The van der Waals surface area contributed by atoms with Gasteiger partial charge in [-0.15, -0.1) is 0 Å². The minimum atomic E-state index is -3.78. The summed E-state index contributed by atoms with van der Waals surface area (Å²) in [5.74, 6) is 2.67. The van der Waals surface area contributed by atoms with Gasteiger partial charge in [0, 0.05) is 46.0 Å². The normalized spacial score (nSPS) is 19.4. The molecule has 2 aliphatic rings. The van der Waals surface area contributed by atoms with Crippen LogP contribution in [0.2, 0.25) is 0 Å². The summed E-state index contributed by atoms with van der Waals surface area (Å²) in [6.45, 7) is 10.3. The number of imidazole rings is 2. The summed E-state index contributed by atoms with van der Waals surface area (Å²) in [5, 5.41) is 22.4. The molecular weight excluding hydrogens is 1180 g/mol. The number of hydrogen-bond acceptors (Lipinski definition) is 24. The van der Waals surface area contributed by atoms with E-state index in [1.807, 2.05) is 39.8 Å². The van der Waals surface area contributed by atoms with Crippen LogP contribution < -0.4 is 54.6 Å². The van der Waals surface area contributed by atoms with Crippen molar-refractivity contribution >= 4 is 107 Å². The number of aliphatic hydroxyl groups excluding tert-OH is 1. The third-order valence-corrected chi connectivity index (χ3v) is 14.3. The molecule has 0 radical (unpaired) electrons. The summed E-state index contributed by atoms with van der Waals surface area (Å²) in [4.78, 5) is 62.6. The predicted molar refractivity (Wildman–Crippen MR) is 301 cm³/mol. The summed E-state index contributed by atoms with van der Waals surface area (Å²) in [6.07, 6.45) is 3.39. The van der Waals surface area contributed by atoms with E-state index in [9.17, 15) is 14.2 Å². The molecule has 0 spiro atoms. The Hall–Kier alpha value is -6.71. The van der Waals surface area contributed by atoms with Gasteiger partial charge in [0.1, 0.15) is 35.0 Å². The molecule has 0 bridgehead atoms. The summed E-state index contributed by atoms with van der Waals surface area (Å²) in [5.41, 5.74) is 42.2. The molecule has 2 saturated heterocycles. The standard InChI is InChI=1S/C20H27N10O4P.C10H15ClNO2P.C10H13N9O2.C4H9.2CO2.ClH.Mg/c1-3-12(2)28-35(31,34-13-7-5-4-6-8-13)32-10-15-14(27-29-23)9-16(33-15)30-11-24-17-18(21)25-20(22)26-19(17)30;1-3-9(2)12-15(11,13)14-10-7-5-4-6-8-10;11-8-7-9(16-10(12)15-8)19(3-14-7)6-1-4(17-18-13)5(2-20)21-6;1-4(2)3;2*2-1-3;;/h4-8,11-12,14-16H,3,9-10H2,1-2H3,(H,28,31)(H4,21,22,25,26);4-9H,3H2,1-2H3,(H,12,13);3-6,20H,1-2H2,(H4,11,12,15,16);1-3H3;;;1H;/q;;;-1;;;;+2/p-1/t12-,14?,15+,16+,35?;9-,15?;4?,5-,6-;;;;;/m001...../s1. The van der Waals surface area contributed by atoms with Gasteiger partial charge in [-0.25, -0.2) is 29.3 Å². The van der Waals surface area contributed by atoms with Gasteiger partial charge in [-0.05, 0) is 62.0 Å². The fourth-order valence-corrected chi connectivity index (χ4v) is 10.6. The quantitative estimate of drug-likeness (QED) is 0.0157. The molecule has 8 rings (SSSR count). The molecule has 11 N–H and O–H groups in total.